The van der Waals surface area contributed by atoms with E-state index in [0.717, 1.165) is 32.2 Å². The largest absolute Gasteiger partial charge is 0.512 e. The van der Waals surface area contributed by atoms with Crippen molar-refractivity contribution in [1.29, 1.82) is 0 Å². The van der Waals surface area contributed by atoms with Gasteiger partial charge >= 0.3 is 0 Å². The third kappa shape index (κ3) is 1.75. The van der Waals surface area contributed by atoms with Crippen molar-refractivity contribution in [3.05, 3.63) is 46.9 Å². The number of rotatable bonds is 0. The van der Waals surface area contributed by atoms with Gasteiger partial charge in [0.25, 0.3) is 5.91 Å². The molecule has 0 bridgehead atoms. The smallest absolute Gasteiger partial charge is 0.254 e. The number of aromatic nitrogens is 1. The zero-order chi connectivity index (χ0) is 15.6. The molecule has 23 heavy (non-hydrogen) atoms. The molecule has 2 aromatic rings. The van der Waals surface area contributed by atoms with Crippen molar-refractivity contribution in [2.75, 3.05) is 6.54 Å². The minimum atomic E-state index is 0.0627. The number of nitrogens with zero attached hydrogens (tertiary/aromatic N) is 1. The van der Waals surface area contributed by atoms with Gasteiger partial charge in [-0.05, 0) is 43.2 Å². The van der Waals surface area contributed by atoms with Crippen molar-refractivity contribution in [3.8, 4) is 0 Å². The van der Waals surface area contributed by atoms with Gasteiger partial charge in [0.05, 0.1) is 11.6 Å². The molecule has 118 valence electrons. The number of aliphatic hydroxyl groups excluding tert-OH is 1. The topological polar surface area (TPSA) is 56.3 Å². The number of fused-ring (bicyclic) bond motifs is 6. The summed E-state index contributed by atoms with van der Waals surface area (Å²) in [7, 11) is 0. The Morgan fingerprint density at radius 2 is 2.09 bits per heavy atom. The number of hydrogen-bond acceptors (Lipinski definition) is 2. The Hall–Kier alpha value is -2.23. The van der Waals surface area contributed by atoms with E-state index in [9.17, 15) is 9.90 Å². The highest BCUT2D eigenvalue weighted by atomic mass is 16.3. The molecular weight excluding hydrogens is 288 g/mol. The maximum absolute atomic E-state index is 12.9. The van der Waals surface area contributed by atoms with Gasteiger partial charge in [-0.1, -0.05) is 18.2 Å². The van der Waals surface area contributed by atoms with Crippen molar-refractivity contribution < 1.29 is 9.90 Å². The van der Waals surface area contributed by atoms with Crippen LogP contribution < -0.4 is 0 Å². The monoisotopic (exact) mass is 308 g/mol. The summed E-state index contributed by atoms with van der Waals surface area (Å²) in [6.45, 7) is 0.752. The molecule has 2 atom stereocenters. The summed E-state index contributed by atoms with van der Waals surface area (Å²) in [5, 5.41) is 11.5. The third-order valence-corrected chi connectivity index (χ3v) is 5.84. The summed E-state index contributed by atoms with van der Waals surface area (Å²) in [6.07, 6.45) is 4.49. The van der Waals surface area contributed by atoms with E-state index in [0.29, 0.717) is 17.8 Å². The lowest BCUT2D eigenvalue weighted by Gasteiger charge is -2.44. The highest BCUT2D eigenvalue weighted by molar-refractivity contribution is 5.96. The van der Waals surface area contributed by atoms with Crippen LogP contribution in [0.15, 0.2) is 35.6 Å². The number of para-hydroxylation sites is 1. The molecule has 0 spiro atoms. The normalized spacial score (nSPS) is 27.0. The minimum Gasteiger partial charge on any atom is -0.512 e. The molecule has 4 nitrogen and oxygen atoms in total. The highest BCUT2D eigenvalue weighted by Gasteiger charge is 2.44. The van der Waals surface area contributed by atoms with E-state index in [1.54, 1.807) is 0 Å². The number of hydrogen-bond donors (Lipinski definition) is 2. The predicted molar refractivity (Wildman–Crippen MR) is 88.1 cm³/mol. The van der Waals surface area contributed by atoms with Crippen LogP contribution in [-0.4, -0.2) is 27.4 Å². The summed E-state index contributed by atoms with van der Waals surface area (Å²) in [5.74, 6) is 0.620. The predicted octanol–water partition coefficient (Wildman–Crippen LogP) is 3.61. The molecule has 2 aliphatic heterocycles. The van der Waals surface area contributed by atoms with Crippen LogP contribution in [0, 0.1) is 5.92 Å². The van der Waals surface area contributed by atoms with E-state index in [1.165, 1.54) is 22.2 Å². The van der Waals surface area contributed by atoms with E-state index >= 15 is 0 Å². The fourth-order valence-corrected chi connectivity index (χ4v) is 4.80. The first-order chi connectivity index (χ1) is 11.2. The summed E-state index contributed by atoms with van der Waals surface area (Å²) in [6, 6.07) is 8.55. The van der Waals surface area contributed by atoms with Gasteiger partial charge in [-0.3, -0.25) is 4.79 Å². The molecule has 4 heteroatoms. The first kappa shape index (κ1) is 13.2. The number of carbonyl (C=O) groups is 1. The average Bonchev–Trinajstić information content (AvgIpc) is 2.94. The Morgan fingerprint density at radius 1 is 1.22 bits per heavy atom. The molecular formula is C19H20N2O2. The SMILES string of the molecule is O=C1C2=C(O)CCCC2CC2c3[nH]c4ccccc4c3CCN12. The molecule has 3 heterocycles. The fraction of sp³-hybridized carbons (Fsp3) is 0.421. The quantitative estimate of drug-likeness (QED) is 0.781. The summed E-state index contributed by atoms with van der Waals surface area (Å²) in [5.41, 5.74) is 4.46. The Balaban J connectivity index is 1.64. The first-order valence-electron chi connectivity index (χ1n) is 8.56. The van der Waals surface area contributed by atoms with Crippen molar-refractivity contribution in [1.82, 2.24) is 9.88 Å². The van der Waals surface area contributed by atoms with E-state index < -0.39 is 0 Å². The lowest BCUT2D eigenvalue weighted by Crippen LogP contribution is -2.47. The Morgan fingerprint density at radius 3 is 3.00 bits per heavy atom. The second-order valence-electron chi connectivity index (χ2n) is 7.01. The molecule has 1 fully saturated rings. The molecule has 1 amide bonds. The molecule has 3 aliphatic rings. The van der Waals surface area contributed by atoms with Gasteiger partial charge in [-0.25, -0.2) is 0 Å². The van der Waals surface area contributed by atoms with E-state index in [-0.39, 0.29) is 17.9 Å². The number of nitrogens with one attached hydrogen (secondary N) is 1. The number of aliphatic hydroxyl groups is 1. The van der Waals surface area contributed by atoms with Crippen molar-refractivity contribution in [2.24, 2.45) is 5.92 Å². The zero-order valence-corrected chi connectivity index (χ0v) is 13.0. The second-order valence-corrected chi connectivity index (χ2v) is 7.01. The van der Waals surface area contributed by atoms with E-state index in [2.05, 4.69) is 23.2 Å². The number of H-pyrrole nitrogens is 1. The first-order valence-corrected chi connectivity index (χ1v) is 8.56. The lowest BCUT2D eigenvalue weighted by atomic mass is 9.76. The molecule has 2 unspecified atom stereocenters. The summed E-state index contributed by atoms with van der Waals surface area (Å²) >= 11 is 0. The van der Waals surface area contributed by atoms with Crippen LogP contribution in [0.3, 0.4) is 0 Å². The van der Waals surface area contributed by atoms with E-state index in [1.807, 2.05) is 11.0 Å². The van der Waals surface area contributed by atoms with Crippen LogP contribution in [0.5, 0.6) is 0 Å². The van der Waals surface area contributed by atoms with Gasteiger partial charge in [-0.2, -0.15) is 0 Å². The lowest BCUT2D eigenvalue weighted by molar-refractivity contribution is -0.134. The number of piperidine rings is 1. The number of benzene rings is 1. The Bertz CT molecular complexity index is 848. The number of amides is 1. The van der Waals surface area contributed by atoms with Crippen molar-refractivity contribution in [3.63, 3.8) is 0 Å². The second kappa shape index (κ2) is 4.63. The number of aromatic amines is 1. The molecule has 1 aromatic heterocycles. The fourth-order valence-electron chi connectivity index (χ4n) is 4.80. The molecule has 1 saturated heterocycles. The van der Waals surface area contributed by atoms with Gasteiger partial charge in [0, 0.05) is 29.6 Å². The number of allylic oxidation sites excluding steroid dienone is 1. The molecule has 5 rings (SSSR count). The molecule has 1 aliphatic carbocycles. The maximum atomic E-state index is 12.9. The van der Waals surface area contributed by atoms with Crippen LogP contribution in [0.2, 0.25) is 0 Å². The zero-order valence-electron chi connectivity index (χ0n) is 13.0. The Labute approximate surface area is 134 Å². The summed E-state index contributed by atoms with van der Waals surface area (Å²) in [4.78, 5) is 18.5. The van der Waals surface area contributed by atoms with Crippen LogP contribution in [0.1, 0.15) is 43.0 Å². The van der Waals surface area contributed by atoms with Crippen LogP contribution >= 0.6 is 0 Å². The van der Waals surface area contributed by atoms with Crippen LogP contribution in [0.4, 0.5) is 0 Å². The molecule has 0 saturated carbocycles. The van der Waals surface area contributed by atoms with Gasteiger partial charge in [0.2, 0.25) is 0 Å². The van der Waals surface area contributed by atoms with Gasteiger partial charge < -0.3 is 15.0 Å². The van der Waals surface area contributed by atoms with Gasteiger partial charge in [0.15, 0.2) is 0 Å². The van der Waals surface area contributed by atoms with Gasteiger partial charge in [-0.15, -0.1) is 0 Å². The Kier molecular flexibility index (Phi) is 2.67. The maximum Gasteiger partial charge on any atom is 0.254 e. The van der Waals surface area contributed by atoms with Gasteiger partial charge in [0.1, 0.15) is 5.76 Å². The minimum absolute atomic E-state index is 0.0627. The van der Waals surface area contributed by atoms with E-state index in [4.69, 9.17) is 0 Å². The third-order valence-electron chi connectivity index (χ3n) is 5.84. The average molecular weight is 308 g/mol. The standard InChI is InChI=1S/C19H20N2O2/c22-16-7-3-4-11-10-15-18-13(8-9-21(15)19(23)17(11)16)12-5-1-2-6-14(12)20-18/h1-2,5-6,11,15,20,22H,3-4,7-10H2. The van der Waals surface area contributed by atoms with Crippen molar-refractivity contribution >= 4 is 16.8 Å². The highest BCUT2D eigenvalue weighted by Crippen LogP contribution is 2.46. The molecule has 0 radical (unpaired) electrons. The number of carbonyl (C=O) groups excluding carboxylic acids is 1. The van der Waals surface area contributed by atoms with Crippen LogP contribution in [-0.2, 0) is 11.2 Å². The van der Waals surface area contributed by atoms with Crippen molar-refractivity contribution in [2.45, 2.75) is 38.1 Å². The molecule has 1 aromatic carbocycles. The van der Waals surface area contributed by atoms with Crippen LogP contribution in [0.25, 0.3) is 10.9 Å². The summed E-state index contributed by atoms with van der Waals surface area (Å²) < 4.78 is 0. The molecule has 2 N–H and O–H groups in total.